The van der Waals surface area contributed by atoms with Gasteiger partial charge in [-0.3, -0.25) is 0 Å². The summed E-state index contributed by atoms with van der Waals surface area (Å²) >= 11 is 0. The van der Waals surface area contributed by atoms with Crippen molar-refractivity contribution in [3.63, 3.8) is 0 Å². The van der Waals surface area contributed by atoms with E-state index < -0.39 is 11.7 Å². The van der Waals surface area contributed by atoms with E-state index >= 15 is 0 Å². The molecule has 1 aromatic heterocycles. The minimum atomic E-state index is -4.33. The number of hydrogen-bond donors (Lipinski definition) is 0. The zero-order chi connectivity index (χ0) is 18.9. The molecule has 0 fully saturated rings. The van der Waals surface area contributed by atoms with Gasteiger partial charge < -0.3 is 4.42 Å². The highest BCUT2D eigenvalue weighted by Gasteiger charge is 2.29. The molecule has 0 unspecified atom stereocenters. The number of alkyl halides is 3. The molecule has 134 valence electrons. The molecule has 27 heavy (non-hydrogen) atoms. The molecule has 0 saturated heterocycles. The van der Waals surface area contributed by atoms with Crippen molar-refractivity contribution in [2.75, 3.05) is 0 Å². The maximum atomic E-state index is 12.6. The van der Waals surface area contributed by atoms with Crippen LogP contribution in [0.1, 0.15) is 17.0 Å². The van der Waals surface area contributed by atoms with Crippen LogP contribution in [0.15, 0.2) is 77.2 Å². The minimum absolute atomic E-state index is 0.398. The molecule has 0 bridgehead atoms. The molecule has 3 aromatic carbocycles. The van der Waals surface area contributed by atoms with Gasteiger partial charge in [-0.15, -0.1) is 0 Å². The largest absolute Gasteiger partial charge is 0.437 e. The van der Waals surface area contributed by atoms with Gasteiger partial charge in [0.1, 0.15) is 5.52 Å². The van der Waals surface area contributed by atoms with Gasteiger partial charge in [0, 0.05) is 6.08 Å². The maximum absolute atomic E-state index is 12.6. The van der Waals surface area contributed by atoms with E-state index in [9.17, 15) is 13.2 Å². The lowest BCUT2D eigenvalue weighted by atomic mass is 10.1. The fourth-order valence-electron chi connectivity index (χ4n) is 2.77. The highest BCUT2D eigenvalue weighted by molar-refractivity contribution is 5.81. The SMILES string of the molecule is FC(F)(F)c1ccc(C=Cc2nc3ccc(-c4ccccc4)cc3o2)cc1. The number of nitrogens with zero attached hydrogens (tertiary/aromatic N) is 1. The first kappa shape index (κ1) is 17.1. The molecule has 0 aliphatic rings. The van der Waals surface area contributed by atoms with Gasteiger partial charge in [-0.1, -0.05) is 48.5 Å². The Hall–Kier alpha value is -3.34. The van der Waals surface area contributed by atoms with Crippen LogP contribution in [0, 0.1) is 0 Å². The molecule has 0 amide bonds. The predicted molar refractivity (Wildman–Crippen MR) is 99.8 cm³/mol. The van der Waals surface area contributed by atoms with E-state index in [0.29, 0.717) is 17.0 Å². The second-order valence-electron chi connectivity index (χ2n) is 6.05. The molecule has 0 spiro atoms. The van der Waals surface area contributed by atoms with Crippen molar-refractivity contribution in [1.29, 1.82) is 0 Å². The van der Waals surface area contributed by atoms with Crippen molar-refractivity contribution >= 4 is 23.3 Å². The first-order chi connectivity index (χ1) is 13.0. The van der Waals surface area contributed by atoms with E-state index in [0.717, 1.165) is 28.8 Å². The van der Waals surface area contributed by atoms with Crippen LogP contribution in [0.4, 0.5) is 13.2 Å². The number of oxazole rings is 1. The Bertz CT molecular complexity index is 1090. The van der Waals surface area contributed by atoms with Crippen LogP contribution < -0.4 is 0 Å². The van der Waals surface area contributed by atoms with Crippen molar-refractivity contribution in [1.82, 2.24) is 4.98 Å². The summed E-state index contributed by atoms with van der Waals surface area (Å²) in [5.74, 6) is 0.398. The Balaban J connectivity index is 1.58. The first-order valence-corrected chi connectivity index (χ1v) is 8.30. The van der Waals surface area contributed by atoms with E-state index in [1.54, 1.807) is 12.2 Å². The van der Waals surface area contributed by atoms with Crippen molar-refractivity contribution < 1.29 is 17.6 Å². The second kappa shape index (κ2) is 6.76. The highest BCUT2D eigenvalue weighted by atomic mass is 19.4. The van der Waals surface area contributed by atoms with Gasteiger partial charge in [-0.25, -0.2) is 4.98 Å². The van der Waals surface area contributed by atoms with Crippen LogP contribution in [0.3, 0.4) is 0 Å². The molecule has 0 N–H and O–H groups in total. The van der Waals surface area contributed by atoms with Crippen LogP contribution in [0.25, 0.3) is 34.4 Å². The van der Waals surface area contributed by atoms with Crippen molar-refractivity contribution in [2.24, 2.45) is 0 Å². The van der Waals surface area contributed by atoms with E-state index in [1.165, 1.54) is 12.1 Å². The van der Waals surface area contributed by atoms with Gasteiger partial charge in [0.05, 0.1) is 5.56 Å². The molecule has 0 atom stereocenters. The number of halogens is 3. The van der Waals surface area contributed by atoms with Crippen molar-refractivity contribution in [3.8, 4) is 11.1 Å². The van der Waals surface area contributed by atoms with E-state index in [-0.39, 0.29) is 0 Å². The van der Waals surface area contributed by atoms with Crippen LogP contribution >= 0.6 is 0 Å². The molecule has 4 aromatic rings. The first-order valence-electron chi connectivity index (χ1n) is 8.30. The van der Waals surface area contributed by atoms with Crippen LogP contribution in [-0.2, 0) is 6.18 Å². The summed E-state index contributed by atoms with van der Waals surface area (Å²) < 4.78 is 43.6. The Kier molecular flexibility index (Phi) is 4.28. The van der Waals surface area contributed by atoms with Gasteiger partial charge in [0.2, 0.25) is 5.89 Å². The van der Waals surface area contributed by atoms with Gasteiger partial charge in [-0.05, 0) is 47.0 Å². The van der Waals surface area contributed by atoms with Gasteiger partial charge in [-0.2, -0.15) is 13.2 Å². The molecule has 1 heterocycles. The minimum Gasteiger partial charge on any atom is -0.437 e. The number of rotatable bonds is 3. The normalized spacial score (nSPS) is 12.1. The monoisotopic (exact) mass is 365 g/mol. The third kappa shape index (κ3) is 3.77. The molecule has 5 heteroatoms. The third-order valence-electron chi connectivity index (χ3n) is 4.17. The Morgan fingerprint density at radius 1 is 0.778 bits per heavy atom. The van der Waals surface area contributed by atoms with Crippen LogP contribution in [0.5, 0.6) is 0 Å². The lowest BCUT2D eigenvalue weighted by molar-refractivity contribution is -0.137. The molecule has 0 saturated carbocycles. The summed E-state index contributed by atoms with van der Waals surface area (Å²) in [6, 6.07) is 20.6. The summed E-state index contributed by atoms with van der Waals surface area (Å²) in [5.41, 5.74) is 3.45. The van der Waals surface area contributed by atoms with Gasteiger partial charge in [0.25, 0.3) is 0 Å². The quantitative estimate of drug-likeness (QED) is 0.404. The molecule has 4 rings (SSSR count). The number of hydrogen-bond acceptors (Lipinski definition) is 2. The molecule has 0 radical (unpaired) electrons. The fourth-order valence-corrected chi connectivity index (χ4v) is 2.77. The highest BCUT2D eigenvalue weighted by Crippen LogP contribution is 2.29. The number of aromatic nitrogens is 1. The maximum Gasteiger partial charge on any atom is 0.416 e. The van der Waals surface area contributed by atoms with Crippen LogP contribution in [-0.4, -0.2) is 4.98 Å². The predicted octanol–water partition coefficient (Wildman–Crippen LogP) is 6.68. The second-order valence-corrected chi connectivity index (χ2v) is 6.05. The lowest BCUT2D eigenvalue weighted by Gasteiger charge is -2.05. The van der Waals surface area contributed by atoms with Crippen molar-refractivity contribution in [2.45, 2.75) is 6.18 Å². The van der Waals surface area contributed by atoms with E-state index in [2.05, 4.69) is 4.98 Å². The molecule has 0 aliphatic heterocycles. The van der Waals surface area contributed by atoms with Crippen molar-refractivity contribution in [3.05, 3.63) is 89.8 Å². The Morgan fingerprint density at radius 3 is 2.22 bits per heavy atom. The third-order valence-corrected chi connectivity index (χ3v) is 4.17. The van der Waals surface area contributed by atoms with Gasteiger partial charge >= 0.3 is 6.18 Å². The Labute approximate surface area is 153 Å². The topological polar surface area (TPSA) is 26.0 Å². The molecule has 0 aliphatic carbocycles. The zero-order valence-electron chi connectivity index (χ0n) is 14.1. The standard InChI is InChI=1S/C22H14F3NO/c23-22(24,25)18-10-6-15(7-11-18)8-13-21-26-19-12-9-17(14-20(19)27-21)16-4-2-1-3-5-16/h1-14H. The molecular weight excluding hydrogens is 351 g/mol. The average Bonchev–Trinajstić information content (AvgIpc) is 3.09. The lowest BCUT2D eigenvalue weighted by Crippen LogP contribution is -2.03. The zero-order valence-corrected chi connectivity index (χ0v) is 14.1. The smallest absolute Gasteiger partial charge is 0.416 e. The number of benzene rings is 3. The number of fused-ring (bicyclic) bond motifs is 1. The summed E-state index contributed by atoms with van der Waals surface area (Å²) in [6.45, 7) is 0. The van der Waals surface area contributed by atoms with E-state index in [4.69, 9.17) is 4.42 Å². The van der Waals surface area contributed by atoms with Crippen LogP contribution in [0.2, 0.25) is 0 Å². The summed E-state index contributed by atoms with van der Waals surface area (Å²) in [5, 5.41) is 0. The molecular formula is C22H14F3NO. The fraction of sp³-hybridized carbons (Fsp3) is 0.0455. The summed E-state index contributed by atoms with van der Waals surface area (Å²) in [6.07, 6.45) is -1.02. The van der Waals surface area contributed by atoms with E-state index in [1.807, 2.05) is 48.5 Å². The Morgan fingerprint density at radius 2 is 1.52 bits per heavy atom. The molecule has 2 nitrogen and oxygen atoms in total. The summed E-state index contributed by atoms with van der Waals surface area (Å²) in [4.78, 5) is 4.39. The summed E-state index contributed by atoms with van der Waals surface area (Å²) in [7, 11) is 0. The average molecular weight is 365 g/mol. The van der Waals surface area contributed by atoms with Gasteiger partial charge in [0.15, 0.2) is 5.58 Å².